The molecule has 1 aliphatic rings. The number of halogens is 3. The van der Waals surface area contributed by atoms with Crippen molar-refractivity contribution in [2.75, 3.05) is 31.1 Å². The van der Waals surface area contributed by atoms with E-state index in [-0.39, 0.29) is 11.7 Å². The zero-order chi connectivity index (χ0) is 23.7. The topological polar surface area (TPSA) is 84.9 Å². The molecule has 0 atom stereocenters. The fraction of sp³-hybridized carbons (Fsp3) is 0.304. The summed E-state index contributed by atoms with van der Waals surface area (Å²) in [4.78, 5) is 11.2. The monoisotopic (exact) mass is 469 g/mol. The second-order valence-corrected chi connectivity index (χ2v) is 8.09. The average molecular weight is 469 g/mol. The number of alkyl halides is 3. The lowest BCUT2D eigenvalue weighted by Gasteiger charge is -2.28. The van der Waals surface area contributed by atoms with E-state index < -0.39 is 11.7 Å². The highest BCUT2D eigenvalue weighted by Crippen LogP contribution is 2.31. The van der Waals surface area contributed by atoms with Gasteiger partial charge in [0.25, 0.3) is 5.89 Å². The largest absolute Gasteiger partial charge is 0.416 e. The summed E-state index contributed by atoms with van der Waals surface area (Å²) in [5.41, 5.74) is 2.09. The van der Waals surface area contributed by atoms with Gasteiger partial charge in [-0.3, -0.25) is 4.68 Å². The van der Waals surface area contributed by atoms with Crippen LogP contribution in [0.25, 0.3) is 23.0 Å². The number of nitrogens with zero attached hydrogens (tertiary/aromatic N) is 6. The van der Waals surface area contributed by atoms with Gasteiger partial charge in [0.1, 0.15) is 5.82 Å². The number of benzene rings is 1. The van der Waals surface area contributed by atoms with Gasteiger partial charge in [-0.15, -0.1) is 0 Å². The molecule has 1 aromatic carbocycles. The summed E-state index contributed by atoms with van der Waals surface area (Å²) >= 11 is 0. The highest BCUT2D eigenvalue weighted by molar-refractivity contribution is 5.58. The second kappa shape index (κ2) is 8.90. The smallest absolute Gasteiger partial charge is 0.354 e. The van der Waals surface area contributed by atoms with Crippen LogP contribution in [-0.4, -0.2) is 51.1 Å². The molecule has 4 heterocycles. The van der Waals surface area contributed by atoms with Crippen LogP contribution in [0.2, 0.25) is 0 Å². The highest BCUT2D eigenvalue weighted by atomic mass is 19.4. The molecule has 11 heteroatoms. The molecular formula is C23H22F3N7O. The average Bonchev–Trinajstić information content (AvgIpc) is 3.47. The molecule has 1 fully saturated rings. The van der Waals surface area contributed by atoms with Crippen molar-refractivity contribution in [2.24, 2.45) is 0 Å². The third-order valence-corrected chi connectivity index (χ3v) is 5.68. The van der Waals surface area contributed by atoms with Crippen molar-refractivity contribution in [3.63, 3.8) is 0 Å². The molecule has 0 aliphatic carbocycles. The minimum atomic E-state index is -4.40. The Hall–Kier alpha value is -3.73. The van der Waals surface area contributed by atoms with E-state index >= 15 is 0 Å². The van der Waals surface area contributed by atoms with Crippen molar-refractivity contribution in [3.8, 4) is 23.0 Å². The molecule has 0 bridgehead atoms. The van der Waals surface area contributed by atoms with Gasteiger partial charge in [0, 0.05) is 43.6 Å². The van der Waals surface area contributed by atoms with E-state index in [1.165, 1.54) is 12.1 Å². The molecule has 1 aliphatic heterocycles. The maximum Gasteiger partial charge on any atom is 0.416 e. The Morgan fingerprint density at radius 2 is 1.82 bits per heavy atom. The van der Waals surface area contributed by atoms with Crippen LogP contribution in [0.5, 0.6) is 0 Å². The Balaban J connectivity index is 1.30. The van der Waals surface area contributed by atoms with Gasteiger partial charge in [-0.25, -0.2) is 4.98 Å². The van der Waals surface area contributed by atoms with Gasteiger partial charge in [0.05, 0.1) is 12.1 Å². The van der Waals surface area contributed by atoms with Gasteiger partial charge < -0.3 is 14.7 Å². The number of piperazine rings is 1. The van der Waals surface area contributed by atoms with Gasteiger partial charge >= 0.3 is 6.18 Å². The van der Waals surface area contributed by atoms with Gasteiger partial charge in [-0.1, -0.05) is 23.4 Å². The first-order chi connectivity index (χ1) is 16.4. The van der Waals surface area contributed by atoms with Crippen LogP contribution < -0.4 is 10.2 Å². The standard InChI is InChI=1S/C23H22F3N7O/c1-15-12-19(22-29-21(31-34-22)17-3-5-18(6-4-17)23(24,25)26)30-33(15)14-16-2-7-20(28-13-16)32-10-8-27-9-11-32/h2-7,12-13,27H,8-11,14H2,1H3. The molecule has 3 aromatic heterocycles. The van der Waals surface area contributed by atoms with Crippen LogP contribution >= 0.6 is 0 Å². The fourth-order valence-electron chi connectivity index (χ4n) is 3.79. The third-order valence-electron chi connectivity index (χ3n) is 5.68. The number of aromatic nitrogens is 5. The summed E-state index contributed by atoms with van der Waals surface area (Å²) < 4.78 is 45.5. The van der Waals surface area contributed by atoms with Crippen LogP contribution in [-0.2, 0) is 12.7 Å². The summed E-state index contributed by atoms with van der Waals surface area (Å²) in [6.45, 7) is 6.23. The molecule has 0 unspecified atom stereocenters. The Morgan fingerprint density at radius 3 is 2.50 bits per heavy atom. The van der Waals surface area contributed by atoms with Gasteiger partial charge in [-0.05, 0) is 36.8 Å². The normalized spacial score (nSPS) is 14.5. The zero-order valence-electron chi connectivity index (χ0n) is 18.4. The molecule has 0 saturated carbocycles. The molecule has 1 N–H and O–H groups in total. The van der Waals surface area contributed by atoms with Crippen molar-refractivity contribution in [3.05, 3.63) is 65.5 Å². The van der Waals surface area contributed by atoms with Crippen molar-refractivity contribution in [1.82, 2.24) is 30.2 Å². The zero-order valence-corrected chi connectivity index (χ0v) is 18.4. The van der Waals surface area contributed by atoms with Crippen LogP contribution in [0.15, 0.2) is 53.2 Å². The second-order valence-electron chi connectivity index (χ2n) is 8.09. The molecule has 176 valence electrons. The van der Waals surface area contributed by atoms with Crippen LogP contribution in [0.3, 0.4) is 0 Å². The van der Waals surface area contributed by atoms with Gasteiger partial charge in [0.2, 0.25) is 5.82 Å². The fourth-order valence-corrected chi connectivity index (χ4v) is 3.79. The van der Waals surface area contributed by atoms with E-state index in [1.807, 2.05) is 36.0 Å². The van der Waals surface area contributed by atoms with E-state index in [0.717, 1.165) is 55.4 Å². The van der Waals surface area contributed by atoms with Crippen molar-refractivity contribution < 1.29 is 17.7 Å². The number of hydrogen-bond acceptors (Lipinski definition) is 7. The molecule has 5 rings (SSSR count). The number of aryl methyl sites for hydroxylation is 1. The van der Waals surface area contributed by atoms with E-state index in [4.69, 9.17) is 4.52 Å². The van der Waals surface area contributed by atoms with Crippen molar-refractivity contribution in [1.29, 1.82) is 0 Å². The Morgan fingerprint density at radius 1 is 1.06 bits per heavy atom. The van der Waals surface area contributed by atoms with E-state index in [1.54, 1.807) is 0 Å². The number of nitrogens with one attached hydrogen (secondary N) is 1. The molecule has 8 nitrogen and oxygen atoms in total. The van der Waals surface area contributed by atoms with Gasteiger partial charge in [-0.2, -0.15) is 23.3 Å². The summed E-state index contributed by atoms with van der Waals surface area (Å²) in [6, 6.07) is 10.5. The summed E-state index contributed by atoms with van der Waals surface area (Å²) in [7, 11) is 0. The Kier molecular flexibility index (Phi) is 5.78. The van der Waals surface area contributed by atoms with E-state index in [2.05, 4.69) is 30.4 Å². The SMILES string of the molecule is Cc1cc(-c2nc(-c3ccc(C(F)(F)F)cc3)no2)nn1Cc1ccc(N2CCNCC2)nc1. The lowest BCUT2D eigenvalue weighted by molar-refractivity contribution is -0.137. The summed E-state index contributed by atoms with van der Waals surface area (Å²) in [5, 5.41) is 11.8. The Labute approximate surface area is 193 Å². The van der Waals surface area contributed by atoms with Crippen LogP contribution in [0.1, 0.15) is 16.8 Å². The lowest BCUT2D eigenvalue weighted by Crippen LogP contribution is -2.43. The molecular weight excluding hydrogens is 447 g/mol. The molecule has 4 aromatic rings. The molecule has 0 spiro atoms. The first-order valence-electron chi connectivity index (χ1n) is 10.8. The molecule has 1 saturated heterocycles. The third kappa shape index (κ3) is 4.65. The number of hydrogen-bond donors (Lipinski definition) is 1. The van der Waals surface area contributed by atoms with Crippen molar-refractivity contribution >= 4 is 5.82 Å². The van der Waals surface area contributed by atoms with Crippen LogP contribution in [0.4, 0.5) is 19.0 Å². The number of pyridine rings is 1. The molecule has 0 amide bonds. The van der Waals surface area contributed by atoms with Crippen LogP contribution in [0, 0.1) is 6.92 Å². The quantitative estimate of drug-likeness (QED) is 0.476. The lowest BCUT2D eigenvalue weighted by atomic mass is 10.1. The predicted octanol–water partition coefficient (Wildman–Crippen LogP) is 3.78. The minimum absolute atomic E-state index is 0.198. The Bertz CT molecular complexity index is 1260. The maximum atomic E-state index is 12.8. The van der Waals surface area contributed by atoms with Crippen molar-refractivity contribution in [2.45, 2.75) is 19.6 Å². The van der Waals surface area contributed by atoms with E-state index in [9.17, 15) is 13.2 Å². The maximum absolute atomic E-state index is 12.8. The number of rotatable bonds is 5. The predicted molar refractivity (Wildman–Crippen MR) is 119 cm³/mol. The minimum Gasteiger partial charge on any atom is -0.354 e. The van der Waals surface area contributed by atoms with Gasteiger partial charge in [0.15, 0.2) is 5.69 Å². The summed E-state index contributed by atoms with van der Waals surface area (Å²) in [6.07, 6.45) is -2.54. The first kappa shape index (κ1) is 22.1. The highest BCUT2D eigenvalue weighted by Gasteiger charge is 2.30. The molecule has 34 heavy (non-hydrogen) atoms. The summed E-state index contributed by atoms with van der Waals surface area (Å²) in [5.74, 6) is 1.36. The number of anilines is 1. The molecule has 0 radical (unpaired) electrons. The van der Waals surface area contributed by atoms with E-state index in [0.29, 0.717) is 17.8 Å². The first-order valence-corrected chi connectivity index (χ1v) is 10.8.